The zero-order valence-corrected chi connectivity index (χ0v) is 4.03. The van der Waals surface area contributed by atoms with Gasteiger partial charge in [-0.3, -0.25) is 0 Å². The summed E-state index contributed by atoms with van der Waals surface area (Å²) in [6.45, 7) is 2.85. The van der Waals surface area contributed by atoms with Crippen molar-refractivity contribution < 1.29 is 19.0 Å². The number of nitrogens with zero attached hydrogens (tertiary/aromatic N) is 1. The van der Waals surface area contributed by atoms with Crippen molar-refractivity contribution in [1.29, 1.82) is 0 Å². The molecule has 0 aromatic carbocycles. The Balaban J connectivity index is 2.30. The number of hydrogen-bond donors (Lipinski definition) is 0. The normalized spacial score (nSPS) is 6.75. The Morgan fingerprint density at radius 3 is 2.25 bits per heavy atom. The molecule has 0 heterocycles. The average molecular weight is 149 g/mol. The Morgan fingerprint density at radius 2 is 2.25 bits per heavy atom. The van der Waals surface area contributed by atoms with Gasteiger partial charge in [-0.15, -0.1) is 0 Å². The molecule has 0 aliphatic carbocycles. The Hall–Kier alpha value is 0.462. The summed E-state index contributed by atoms with van der Waals surface area (Å²) in [6.07, 6.45) is 0. The maximum atomic E-state index is 3.59. The van der Waals surface area contributed by atoms with Gasteiger partial charge >= 0.3 is 36.1 Å². The first kappa shape index (κ1) is 4.46. The van der Waals surface area contributed by atoms with Crippen LogP contribution in [0.25, 0.3) is 0 Å². The summed E-state index contributed by atoms with van der Waals surface area (Å²) in [7, 11) is 0. The Morgan fingerprint density at radius 1 is 2.00 bits per heavy atom. The molecule has 0 N–H and O–H groups in total. The fourth-order valence-electron chi connectivity index (χ4n) is 0. The van der Waals surface area contributed by atoms with Crippen LogP contribution in [0.15, 0.2) is 3.57 Å². The number of hydrogen-bond acceptors (Lipinski definition) is 1. The SMILES string of the molecule is CC[N]=[Pd]. The van der Waals surface area contributed by atoms with Gasteiger partial charge in [0.25, 0.3) is 0 Å². The molecular formula is C2H5NPd. The molecule has 0 aromatic heterocycles. The van der Waals surface area contributed by atoms with Gasteiger partial charge in [0, 0.05) is 0 Å². The fraction of sp³-hybridized carbons (Fsp3) is 1.00. The molecule has 28 valence electrons. The van der Waals surface area contributed by atoms with E-state index in [1.807, 2.05) is 6.92 Å². The van der Waals surface area contributed by atoms with E-state index in [1.54, 1.807) is 0 Å². The third-order valence-corrected chi connectivity index (χ3v) is 0.592. The van der Waals surface area contributed by atoms with Crippen LogP contribution in [0, 0.1) is 0 Å². The van der Waals surface area contributed by atoms with Crippen molar-refractivity contribution in [3.63, 3.8) is 0 Å². The minimum atomic E-state index is 0.878. The van der Waals surface area contributed by atoms with Crippen molar-refractivity contribution >= 4 is 0 Å². The van der Waals surface area contributed by atoms with E-state index < -0.39 is 0 Å². The predicted octanol–water partition coefficient (Wildman–Crippen LogP) is 0.737. The van der Waals surface area contributed by atoms with Gasteiger partial charge in [0.1, 0.15) is 0 Å². The summed E-state index contributed by atoms with van der Waals surface area (Å²) in [5.74, 6) is 0. The van der Waals surface area contributed by atoms with Crippen molar-refractivity contribution in [2.45, 2.75) is 6.92 Å². The zero-order chi connectivity index (χ0) is 3.41. The first-order valence-electron chi connectivity index (χ1n) is 1.16. The molecule has 2 heteroatoms. The second-order valence-electron chi connectivity index (χ2n) is 0.416. The van der Waals surface area contributed by atoms with Crippen LogP contribution in [0.5, 0.6) is 0 Å². The molecule has 0 aromatic rings. The van der Waals surface area contributed by atoms with E-state index in [0.29, 0.717) is 0 Å². The van der Waals surface area contributed by atoms with Crippen LogP contribution in [0.2, 0.25) is 0 Å². The van der Waals surface area contributed by atoms with Crippen molar-refractivity contribution in [3.05, 3.63) is 0 Å². The second-order valence-corrected chi connectivity index (χ2v) is 0.908. The molecule has 0 aliphatic heterocycles. The average Bonchev–Trinajstić information content (AvgIpc) is 1.37. The van der Waals surface area contributed by atoms with E-state index in [0.717, 1.165) is 6.54 Å². The Kier molecular flexibility index (Phi) is 3.86. The van der Waals surface area contributed by atoms with Crippen molar-refractivity contribution in [2.24, 2.45) is 3.57 Å². The van der Waals surface area contributed by atoms with Gasteiger partial charge in [-0.1, -0.05) is 0 Å². The van der Waals surface area contributed by atoms with E-state index in [-0.39, 0.29) is 0 Å². The molecule has 1 nitrogen and oxygen atoms in total. The van der Waals surface area contributed by atoms with Gasteiger partial charge < -0.3 is 0 Å². The first-order chi connectivity index (χ1) is 1.91. The van der Waals surface area contributed by atoms with Gasteiger partial charge in [0.05, 0.1) is 0 Å². The van der Waals surface area contributed by atoms with Crippen LogP contribution in [-0.2, 0) is 19.0 Å². The fourth-order valence-corrected chi connectivity index (χ4v) is 0. The molecule has 0 rings (SSSR count). The van der Waals surface area contributed by atoms with Crippen LogP contribution >= 0.6 is 0 Å². The zero-order valence-electron chi connectivity index (χ0n) is 2.47. The molecule has 0 radical (unpaired) electrons. The van der Waals surface area contributed by atoms with Crippen LogP contribution in [0.3, 0.4) is 0 Å². The molecule has 4 heavy (non-hydrogen) atoms. The van der Waals surface area contributed by atoms with Gasteiger partial charge in [-0.05, 0) is 0 Å². The Labute approximate surface area is 36.7 Å². The molecule has 0 saturated carbocycles. The summed E-state index contributed by atoms with van der Waals surface area (Å²) in [4.78, 5) is 0. The standard InChI is InChI=1S/C2H5N.Pd/c1-2-3;/h2H2,1H3;. The minimum absolute atomic E-state index is 0.878. The monoisotopic (exact) mass is 149 g/mol. The third-order valence-electron chi connectivity index (χ3n) is 0.100. The van der Waals surface area contributed by atoms with Crippen molar-refractivity contribution in [2.75, 3.05) is 6.54 Å². The van der Waals surface area contributed by atoms with Gasteiger partial charge in [-0.2, -0.15) is 0 Å². The summed E-state index contributed by atoms with van der Waals surface area (Å²) < 4.78 is 3.59. The van der Waals surface area contributed by atoms with Crippen LogP contribution in [-0.4, -0.2) is 6.54 Å². The molecule has 0 fully saturated rings. The second kappa shape index (κ2) is 3.46. The van der Waals surface area contributed by atoms with Gasteiger partial charge in [0.15, 0.2) is 0 Å². The van der Waals surface area contributed by atoms with Crippen LogP contribution < -0.4 is 0 Å². The van der Waals surface area contributed by atoms with E-state index in [2.05, 4.69) is 22.6 Å². The molecular weight excluding hydrogens is 144 g/mol. The molecule has 0 saturated heterocycles. The van der Waals surface area contributed by atoms with Gasteiger partial charge in [0.2, 0.25) is 0 Å². The quantitative estimate of drug-likeness (QED) is 0.488. The van der Waals surface area contributed by atoms with E-state index in [1.165, 1.54) is 0 Å². The topological polar surface area (TPSA) is 12.4 Å². The number of rotatable bonds is 1. The maximum absolute atomic E-state index is 3.59. The third kappa shape index (κ3) is 2.46. The molecule has 0 atom stereocenters. The van der Waals surface area contributed by atoms with Crippen molar-refractivity contribution in [1.82, 2.24) is 0 Å². The van der Waals surface area contributed by atoms with E-state index >= 15 is 0 Å². The Bertz CT molecular complexity index is 20.0. The van der Waals surface area contributed by atoms with E-state index in [4.69, 9.17) is 0 Å². The molecule has 0 amide bonds. The van der Waals surface area contributed by atoms with E-state index in [9.17, 15) is 0 Å². The summed E-state index contributed by atoms with van der Waals surface area (Å²) in [6, 6.07) is 0. The van der Waals surface area contributed by atoms with Gasteiger partial charge in [-0.25, -0.2) is 0 Å². The van der Waals surface area contributed by atoms with Crippen LogP contribution in [0.1, 0.15) is 6.92 Å². The summed E-state index contributed by atoms with van der Waals surface area (Å²) in [5.41, 5.74) is 0. The molecule has 0 spiro atoms. The molecule has 0 bridgehead atoms. The first-order valence-corrected chi connectivity index (χ1v) is 1.86. The molecule has 0 unspecified atom stereocenters. The molecule has 0 aliphatic rings. The predicted molar refractivity (Wildman–Crippen MR) is 13.0 cm³/mol. The van der Waals surface area contributed by atoms with Crippen LogP contribution in [0.4, 0.5) is 0 Å². The summed E-state index contributed by atoms with van der Waals surface area (Å²) in [5, 5.41) is 0. The van der Waals surface area contributed by atoms with Crippen molar-refractivity contribution in [3.8, 4) is 0 Å². The summed E-state index contributed by atoms with van der Waals surface area (Å²) >= 11 is 2.66.